The maximum absolute atomic E-state index is 5.85. The van der Waals surface area contributed by atoms with Crippen LogP contribution < -0.4 is 0 Å². The molecule has 1 fully saturated rings. The SMILES string of the molecule is C=C=C1C2C=CC(C2)C1CCl. The Morgan fingerprint density at radius 3 is 3.00 bits per heavy atom. The predicted octanol–water partition coefficient (Wildman–Crippen LogP) is 2.76. The third kappa shape index (κ3) is 0.903. The molecule has 0 heterocycles. The minimum absolute atomic E-state index is 0.532. The van der Waals surface area contributed by atoms with Crippen molar-refractivity contribution < 1.29 is 0 Å². The number of fused-ring (bicyclic) bond motifs is 2. The van der Waals surface area contributed by atoms with Crippen LogP contribution in [-0.2, 0) is 0 Å². The molecule has 3 unspecified atom stereocenters. The van der Waals surface area contributed by atoms with Crippen molar-refractivity contribution in [1.82, 2.24) is 0 Å². The normalized spacial score (nSPS) is 39.7. The van der Waals surface area contributed by atoms with E-state index in [2.05, 4.69) is 24.5 Å². The molecule has 0 radical (unpaired) electrons. The fraction of sp³-hybridized carbons (Fsp3) is 0.500. The summed E-state index contributed by atoms with van der Waals surface area (Å²) in [5.74, 6) is 2.55. The van der Waals surface area contributed by atoms with Gasteiger partial charge in [-0.2, -0.15) is 0 Å². The van der Waals surface area contributed by atoms with E-state index in [1.54, 1.807) is 0 Å². The van der Waals surface area contributed by atoms with Crippen molar-refractivity contribution in [2.24, 2.45) is 17.8 Å². The zero-order valence-corrected chi connectivity index (χ0v) is 7.14. The Morgan fingerprint density at radius 1 is 1.64 bits per heavy atom. The van der Waals surface area contributed by atoms with Crippen LogP contribution in [0.5, 0.6) is 0 Å². The Bertz CT molecular complexity index is 246. The lowest BCUT2D eigenvalue weighted by Gasteiger charge is -2.16. The molecule has 2 aliphatic rings. The highest BCUT2D eigenvalue weighted by molar-refractivity contribution is 6.18. The van der Waals surface area contributed by atoms with Crippen LogP contribution in [0.4, 0.5) is 0 Å². The molecule has 0 nitrogen and oxygen atoms in total. The molecule has 0 aliphatic heterocycles. The topological polar surface area (TPSA) is 0 Å². The van der Waals surface area contributed by atoms with Crippen LogP contribution in [0.25, 0.3) is 0 Å². The van der Waals surface area contributed by atoms with E-state index in [4.69, 9.17) is 11.6 Å². The Labute approximate surface area is 72.2 Å². The highest BCUT2D eigenvalue weighted by Gasteiger charge is 2.39. The van der Waals surface area contributed by atoms with Gasteiger partial charge in [0.05, 0.1) is 0 Å². The lowest BCUT2D eigenvalue weighted by atomic mass is 9.91. The standard InChI is InChI=1S/C10H11Cl/c1-2-9-7-3-4-8(5-7)10(9)6-11/h3-4,7-8,10H,1,5-6H2. The highest BCUT2D eigenvalue weighted by atomic mass is 35.5. The first-order valence-corrected chi connectivity index (χ1v) is 4.54. The van der Waals surface area contributed by atoms with Crippen LogP contribution in [0.3, 0.4) is 0 Å². The lowest BCUT2D eigenvalue weighted by Crippen LogP contribution is -2.10. The van der Waals surface area contributed by atoms with Gasteiger partial charge < -0.3 is 0 Å². The molecular weight excluding hydrogens is 156 g/mol. The average molecular weight is 167 g/mol. The maximum atomic E-state index is 5.85. The number of rotatable bonds is 1. The molecule has 11 heavy (non-hydrogen) atoms. The largest absolute Gasteiger partial charge is 0.129 e. The van der Waals surface area contributed by atoms with Crippen LogP contribution in [0.15, 0.2) is 30.0 Å². The Morgan fingerprint density at radius 2 is 2.45 bits per heavy atom. The van der Waals surface area contributed by atoms with Crippen molar-refractivity contribution in [1.29, 1.82) is 0 Å². The molecular formula is C10H11Cl. The first-order valence-electron chi connectivity index (χ1n) is 4.01. The summed E-state index contributed by atoms with van der Waals surface area (Å²) in [4.78, 5) is 0. The molecule has 2 aliphatic carbocycles. The van der Waals surface area contributed by atoms with Gasteiger partial charge in [0.1, 0.15) is 0 Å². The van der Waals surface area contributed by atoms with Crippen molar-refractivity contribution in [3.05, 3.63) is 30.0 Å². The molecule has 3 atom stereocenters. The van der Waals surface area contributed by atoms with Crippen LogP contribution in [0, 0.1) is 17.8 Å². The molecule has 1 saturated carbocycles. The number of halogens is 1. The summed E-state index contributed by atoms with van der Waals surface area (Å²) in [6.07, 6.45) is 5.80. The summed E-state index contributed by atoms with van der Waals surface area (Å²) in [6.45, 7) is 3.71. The van der Waals surface area contributed by atoms with Gasteiger partial charge in [-0.15, -0.1) is 17.3 Å². The van der Waals surface area contributed by atoms with Crippen LogP contribution >= 0.6 is 11.6 Å². The van der Waals surface area contributed by atoms with Crippen molar-refractivity contribution in [2.45, 2.75) is 6.42 Å². The molecule has 0 amide bonds. The quantitative estimate of drug-likeness (QED) is 0.319. The van der Waals surface area contributed by atoms with Gasteiger partial charge in [0.15, 0.2) is 0 Å². The Kier molecular flexibility index (Phi) is 1.67. The van der Waals surface area contributed by atoms with E-state index in [0.29, 0.717) is 17.8 Å². The lowest BCUT2D eigenvalue weighted by molar-refractivity contribution is 0.562. The highest BCUT2D eigenvalue weighted by Crippen LogP contribution is 2.47. The fourth-order valence-corrected chi connectivity index (χ4v) is 2.62. The van der Waals surface area contributed by atoms with Crippen LogP contribution in [0.2, 0.25) is 0 Å². The molecule has 2 bridgehead atoms. The number of hydrogen-bond donors (Lipinski definition) is 0. The molecule has 58 valence electrons. The van der Waals surface area contributed by atoms with Gasteiger partial charge in [-0.05, 0) is 17.9 Å². The third-order valence-corrected chi connectivity index (χ3v) is 3.14. The first kappa shape index (κ1) is 7.21. The molecule has 2 rings (SSSR count). The molecule has 0 saturated heterocycles. The minimum atomic E-state index is 0.532. The summed E-state index contributed by atoms with van der Waals surface area (Å²) in [5, 5.41) is 0. The van der Waals surface area contributed by atoms with Gasteiger partial charge in [-0.3, -0.25) is 0 Å². The van der Waals surface area contributed by atoms with Gasteiger partial charge in [0.25, 0.3) is 0 Å². The summed E-state index contributed by atoms with van der Waals surface area (Å²) in [6, 6.07) is 0. The molecule has 0 N–H and O–H groups in total. The van der Waals surface area contributed by atoms with E-state index in [1.165, 1.54) is 12.0 Å². The average Bonchev–Trinajstić information content (AvgIpc) is 2.60. The number of hydrogen-bond acceptors (Lipinski definition) is 0. The van der Waals surface area contributed by atoms with Crippen LogP contribution in [0.1, 0.15) is 6.42 Å². The third-order valence-electron chi connectivity index (χ3n) is 2.80. The van der Waals surface area contributed by atoms with Gasteiger partial charge in [-0.25, -0.2) is 0 Å². The second-order valence-corrected chi connectivity index (χ2v) is 3.59. The smallest absolute Gasteiger partial charge is 0.0301 e. The summed E-state index contributed by atoms with van der Waals surface area (Å²) < 4.78 is 0. The van der Waals surface area contributed by atoms with Gasteiger partial charge in [-0.1, -0.05) is 18.7 Å². The van der Waals surface area contributed by atoms with Gasteiger partial charge >= 0.3 is 0 Å². The number of alkyl halides is 1. The number of allylic oxidation sites excluding steroid dienone is 3. The van der Waals surface area contributed by atoms with E-state index >= 15 is 0 Å². The van der Waals surface area contributed by atoms with Crippen molar-refractivity contribution in [2.75, 3.05) is 5.88 Å². The zero-order chi connectivity index (χ0) is 7.84. The predicted molar refractivity (Wildman–Crippen MR) is 47.6 cm³/mol. The van der Waals surface area contributed by atoms with E-state index in [9.17, 15) is 0 Å². The van der Waals surface area contributed by atoms with Crippen molar-refractivity contribution in [3.8, 4) is 0 Å². The van der Waals surface area contributed by atoms with Crippen molar-refractivity contribution >= 4 is 11.6 Å². The van der Waals surface area contributed by atoms with E-state index < -0.39 is 0 Å². The Hall–Kier alpha value is -0.450. The molecule has 1 heteroatoms. The second kappa shape index (κ2) is 2.55. The molecule has 0 aromatic heterocycles. The molecule has 0 spiro atoms. The summed E-state index contributed by atoms with van der Waals surface area (Å²) in [7, 11) is 0. The van der Waals surface area contributed by atoms with Crippen LogP contribution in [-0.4, -0.2) is 5.88 Å². The van der Waals surface area contributed by atoms with Gasteiger partial charge in [0.2, 0.25) is 0 Å². The van der Waals surface area contributed by atoms with E-state index in [1.807, 2.05) is 0 Å². The fourth-order valence-electron chi connectivity index (χ4n) is 2.22. The maximum Gasteiger partial charge on any atom is 0.0301 e. The van der Waals surface area contributed by atoms with Gasteiger partial charge in [0, 0.05) is 17.7 Å². The minimum Gasteiger partial charge on any atom is -0.129 e. The summed E-state index contributed by atoms with van der Waals surface area (Å²) >= 11 is 5.85. The zero-order valence-electron chi connectivity index (χ0n) is 6.39. The van der Waals surface area contributed by atoms with E-state index in [-0.39, 0.29) is 0 Å². The Balaban J connectivity index is 2.36. The first-order chi connectivity index (χ1) is 5.36. The second-order valence-electron chi connectivity index (χ2n) is 3.28. The molecule has 0 aromatic carbocycles. The van der Waals surface area contributed by atoms with E-state index in [0.717, 1.165) is 5.88 Å². The van der Waals surface area contributed by atoms with Crippen molar-refractivity contribution in [3.63, 3.8) is 0 Å². The molecule has 0 aromatic rings. The summed E-state index contributed by atoms with van der Waals surface area (Å²) in [5.41, 5.74) is 4.37. The monoisotopic (exact) mass is 166 g/mol.